The molecular formula is C32H32FN5O3S2. The van der Waals surface area contributed by atoms with E-state index in [0.717, 1.165) is 11.3 Å². The van der Waals surface area contributed by atoms with Gasteiger partial charge in [-0.15, -0.1) is 0 Å². The third kappa shape index (κ3) is 6.03. The van der Waals surface area contributed by atoms with Crippen molar-refractivity contribution >= 4 is 51.8 Å². The summed E-state index contributed by atoms with van der Waals surface area (Å²) in [6, 6.07) is 16.5. The Bertz CT molecular complexity index is 1690. The number of ether oxygens (including phenoxy) is 1. The molecule has 2 fully saturated rings. The number of piperazine rings is 1. The highest BCUT2D eigenvalue weighted by molar-refractivity contribution is 8.26. The Morgan fingerprint density at radius 3 is 2.37 bits per heavy atom. The molecular weight excluding hydrogens is 586 g/mol. The standard InChI is InChI=1S/C32H32FN5O3S2/c1-4-37-29(36-17-15-35(16-18-36)27-8-6-5-7-26(27)33)24(21(2)25(20-34)30(37)39)19-28-31(40)38(32(42)43-28)14-13-22-9-11-23(41-3)12-10-22/h5-12,19H,4,13-18H2,1-3H3. The maximum atomic E-state index is 14.5. The Balaban J connectivity index is 1.46. The predicted octanol–water partition coefficient (Wildman–Crippen LogP) is 4.97. The van der Waals surface area contributed by atoms with E-state index in [9.17, 15) is 19.2 Å². The van der Waals surface area contributed by atoms with Crippen LogP contribution in [0, 0.1) is 24.1 Å². The number of nitrogens with zero attached hydrogens (tertiary/aromatic N) is 5. The Morgan fingerprint density at radius 2 is 1.74 bits per heavy atom. The molecule has 0 unspecified atom stereocenters. The number of pyridine rings is 1. The number of anilines is 2. The van der Waals surface area contributed by atoms with Crippen molar-refractivity contribution in [2.75, 3.05) is 49.6 Å². The monoisotopic (exact) mass is 617 g/mol. The van der Waals surface area contributed by atoms with Crippen LogP contribution in [-0.4, -0.2) is 59.5 Å². The average molecular weight is 618 g/mol. The third-order valence-corrected chi connectivity index (χ3v) is 9.24. The van der Waals surface area contributed by atoms with Crippen LogP contribution in [0.15, 0.2) is 58.2 Å². The van der Waals surface area contributed by atoms with Crippen LogP contribution in [0.3, 0.4) is 0 Å². The Kier molecular flexibility index (Phi) is 9.18. The van der Waals surface area contributed by atoms with E-state index in [1.807, 2.05) is 42.2 Å². The fourth-order valence-electron chi connectivity index (χ4n) is 5.50. The van der Waals surface area contributed by atoms with Gasteiger partial charge in [0, 0.05) is 44.8 Å². The first-order chi connectivity index (χ1) is 20.8. The van der Waals surface area contributed by atoms with Crippen molar-refractivity contribution < 1.29 is 13.9 Å². The topological polar surface area (TPSA) is 81.8 Å². The molecule has 11 heteroatoms. The molecule has 2 aromatic carbocycles. The van der Waals surface area contributed by atoms with Gasteiger partial charge in [0.05, 0.1) is 17.7 Å². The second-order valence-electron chi connectivity index (χ2n) is 10.3. The summed E-state index contributed by atoms with van der Waals surface area (Å²) in [5.74, 6) is 0.944. The van der Waals surface area contributed by atoms with E-state index in [1.54, 1.807) is 41.7 Å². The number of carbonyl (C=O) groups excluding carboxylic acids is 1. The highest BCUT2D eigenvalue weighted by atomic mass is 32.2. The van der Waals surface area contributed by atoms with Crippen LogP contribution in [0.25, 0.3) is 6.08 Å². The molecule has 3 aromatic rings. The molecule has 0 aliphatic carbocycles. The lowest BCUT2D eigenvalue weighted by Gasteiger charge is -2.39. The number of thioether (sulfide) groups is 1. The number of nitriles is 1. The van der Waals surface area contributed by atoms with Crippen LogP contribution < -0.4 is 20.1 Å². The van der Waals surface area contributed by atoms with Crippen molar-refractivity contribution in [1.29, 1.82) is 5.26 Å². The van der Waals surface area contributed by atoms with Gasteiger partial charge in [-0.2, -0.15) is 5.26 Å². The first kappa shape index (κ1) is 30.3. The van der Waals surface area contributed by atoms with Gasteiger partial charge in [-0.3, -0.25) is 19.1 Å². The third-order valence-electron chi connectivity index (χ3n) is 7.87. The van der Waals surface area contributed by atoms with Gasteiger partial charge in [0.25, 0.3) is 11.5 Å². The number of benzene rings is 2. The second kappa shape index (κ2) is 13.0. The van der Waals surface area contributed by atoms with E-state index in [4.69, 9.17) is 17.0 Å². The molecule has 0 N–H and O–H groups in total. The normalized spacial score (nSPS) is 16.3. The van der Waals surface area contributed by atoms with Gasteiger partial charge >= 0.3 is 0 Å². The molecule has 2 saturated heterocycles. The number of rotatable bonds is 8. The van der Waals surface area contributed by atoms with Crippen molar-refractivity contribution in [3.05, 3.63) is 91.9 Å². The van der Waals surface area contributed by atoms with E-state index in [-0.39, 0.29) is 22.8 Å². The van der Waals surface area contributed by atoms with Crippen molar-refractivity contribution in [1.82, 2.24) is 9.47 Å². The van der Waals surface area contributed by atoms with Gasteiger partial charge in [0.1, 0.15) is 33.3 Å². The first-order valence-electron chi connectivity index (χ1n) is 14.1. The van der Waals surface area contributed by atoms with Crippen LogP contribution in [0.5, 0.6) is 5.75 Å². The second-order valence-corrected chi connectivity index (χ2v) is 11.9. The van der Waals surface area contributed by atoms with Crippen molar-refractivity contribution in [2.24, 2.45) is 0 Å². The Labute approximate surface area is 260 Å². The maximum Gasteiger partial charge on any atom is 0.270 e. The zero-order chi connectivity index (χ0) is 30.7. The number of para-hydroxylation sites is 1. The minimum absolute atomic E-state index is 0.0526. The number of aromatic nitrogens is 1. The van der Waals surface area contributed by atoms with Gasteiger partial charge in [-0.25, -0.2) is 4.39 Å². The summed E-state index contributed by atoms with van der Waals surface area (Å²) in [7, 11) is 1.62. The molecule has 2 aliphatic heterocycles. The maximum absolute atomic E-state index is 14.5. The summed E-state index contributed by atoms with van der Waals surface area (Å²) in [5, 5.41) is 9.89. The van der Waals surface area contributed by atoms with E-state index < -0.39 is 0 Å². The van der Waals surface area contributed by atoms with Gasteiger partial charge < -0.3 is 14.5 Å². The van der Waals surface area contributed by atoms with Crippen LogP contribution >= 0.6 is 24.0 Å². The number of thiocarbonyl (C=S) groups is 1. The molecule has 1 aromatic heterocycles. The SMILES string of the molecule is CCn1c(N2CCN(c3ccccc3F)CC2)c(C=C2SC(=S)N(CCc3ccc(OC)cc3)C2=O)c(C)c(C#N)c1=O. The lowest BCUT2D eigenvalue weighted by Crippen LogP contribution is -2.49. The summed E-state index contributed by atoms with van der Waals surface area (Å²) < 4.78 is 21.8. The van der Waals surface area contributed by atoms with Crippen LogP contribution in [0.1, 0.15) is 29.2 Å². The molecule has 0 saturated carbocycles. The van der Waals surface area contributed by atoms with Crippen LogP contribution in [0.4, 0.5) is 15.9 Å². The number of methoxy groups -OCH3 is 1. The highest BCUT2D eigenvalue weighted by Crippen LogP contribution is 2.36. The summed E-state index contributed by atoms with van der Waals surface area (Å²) in [4.78, 5) is 33.1. The number of hydrogen-bond donors (Lipinski definition) is 0. The lowest BCUT2D eigenvalue weighted by molar-refractivity contribution is -0.122. The van der Waals surface area contributed by atoms with Crippen LogP contribution in [0.2, 0.25) is 0 Å². The van der Waals surface area contributed by atoms with E-state index in [2.05, 4.69) is 11.0 Å². The molecule has 0 bridgehead atoms. The zero-order valence-corrected chi connectivity index (χ0v) is 25.9. The van der Waals surface area contributed by atoms with Crippen molar-refractivity contribution in [3.63, 3.8) is 0 Å². The minimum Gasteiger partial charge on any atom is -0.497 e. The molecule has 43 heavy (non-hydrogen) atoms. The van der Waals surface area contributed by atoms with E-state index in [0.29, 0.717) is 77.5 Å². The number of amides is 1. The fourth-order valence-corrected chi connectivity index (χ4v) is 6.79. The highest BCUT2D eigenvalue weighted by Gasteiger charge is 2.33. The van der Waals surface area contributed by atoms with Gasteiger partial charge in [-0.05, 0) is 61.7 Å². The molecule has 222 valence electrons. The fraction of sp³-hybridized carbons (Fsp3) is 0.312. The van der Waals surface area contributed by atoms with Crippen molar-refractivity contribution in [2.45, 2.75) is 26.8 Å². The molecule has 0 atom stereocenters. The van der Waals surface area contributed by atoms with Gasteiger partial charge in [0.2, 0.25) is 0 Å². The first-order valence-corrected chi connectivity index (χ1v) is 15.3. The molecule has 8 nitrogen and oxygen atoms in total. The summed E-state index contributed by atoms with van der Waals surface area (Å²) >= 11 is 6.82. The van der Waals surface area contributed by atoms with Crippen LogP contribution in [-0.2, 0) is 17.8 Å². The Morgan fingerprint density at radius 1 is 1.07 bits per heavy atom. The number of carbonyl (C=O) groups is 1. The predicted molar refractivity (Wildman–Crippen MR) is 173 cm³/mol. The van der Waals surface area contributed by atoms with E-state index in [1.165, 1.54) is 17.8 Å². The minimum atomic E-state index is -0.363. The molecule has 1 amide bonds. The average Bonchev–Trinajstić information content (AvgIpc) is 3.29. The smallest absolute Gasteiger partial charge is 0.270 e. The summed E-state index contributed by atoms with van der Waals surface area (Å²) in [6.45, 7) is 6.53. The van der Waals surface area contributed by atoms with E-state index >= 15 is 0 Å². The van der Waals surface area contributed by atoms with Crippen molar-refractivity contribution in [3.8, 4) is 11.8 Å². The summed E-state index contributed by atoms with van der Waals surface area (Å²) in [5.41, 5.74) is 2.46. The molecule has 5 rings (SSSR count). The molecule has 0 radical (unpaired) electrons. The Hall–Kier alpha value is -4.14. The molecule has 2 aliphatic rings. The molecule has 3 heterocycles. The van der Waals surface area contributed by atoms with Gasteiger partial charge in [-0.1, -0.05) is 48.2 Å². The lowest BCUT2D eigenvalue weighted by atomic mass is 10.0. The van der Waals surface area contributed by atoms with Gasteiger partial charge in [0.15, 0.2) is 0 Å². The molecule has 0 spiro atoms. The summed E-state index contributed by atoms with van der Waals surface area (Å²) in [6.07, 6.45) is 2.40. The number of hydrogen-bond acceptors (Lipinski definition) is 8. The number of halogens is 1. The largest absolute Gasteiger partial charge is 0.497 e. The zero-order valence-electron chi connectivity index (χ0n) is 24.3. The quantitative estimate of drug-likeness (QED) is 0.259.